The standard InChI is InChI=1S/C26H51O5PS/c1-5-8-10-12-13-14-16-18-21-33-24(19-17-15-11-9-6-2)23(4)30-22-26(32-29,25(27)28)31-20-7-3/h23-24H,5-22H2,1-4H3,(H,27,28). The number of rotatable bonds is 25. The molecule has 5 nitrogen and oxygen atoms in total. The van der Waals surface area contributed by atoms with Crippen molar-refractivity contribution in [3.8, 4) is 0 Å². The molecule has 0 spiro atoms. The zero-order valence-electron chi connectivity index (χ0n) is 21.8. The van der Waals surface area contributed by atoms with Gasteiger partial charge in [0.1, 0.15) is 0 Å². The van der Waals surface area contributed by atoms with Gasteiger partial charge < -0.3 is 14.6 Å². The van der Waals surface area contributed by atoms with Crippen LogP contribution in [0.3, 0.4) is 0 Å². The number of aliphatic carboxylic acids is 1. The van der Waals surface area contributed by atoms with Gasteiger partial charge in [0, 0.05) is 11.9 Å². The molecule has 0 heterocycles. The topological polar surface area (TPSA) is 72.8 Å². The minimum Gasteiger partial charge on any atom is -0.478 e. The van der Waals surface area contributed by atoms with Crippen LogP contribution in [-0.4, -0.2) is 46.7 Å². The number of hydrogen-bond donors (Lipinski definition) is 1. The lowest BCUT2D eigenvalue weighted by molar-refractivity contribution is -0.162. The summed E-state index contributed by atoms with van der Waals surface area (Å²) in [5.41, 5.74) is 0. The van der Waals surface area contributed by atoms with E-state index in [9.17, 15) is 14.5 Å². The number of unbranched alkanes of at least 4 members (excludes halogenated alkanes) is 11. The smallest absolute Gasteiger partial charge is 0.350 e. The molecule has 0 aromatic heterocycles. The average Bonchev–Trinajstić information content (AvgIpc) is 2.81. The van der Waals surface area contributed by atoms with Crippen LogP contribution in [0.1, 0.15) is 124 Å². The van der Waals surface area contributed by atoms with E-state index in [4.69, 9.17) is 9.47 Å². The Bertz CT molecular complexity index is 480. The third-order valence-corrected chi connectivity index (χ3v) is 8.33. The molecule has 3 unspecified atom stereocenters. The highest BCUT2D eigenvalue weighted by molar-refractivity contribution is 7.99. The van der Waals surface area contributed by atoms with Gasteiger partial charge in [-0.15, -0.1) is 0 Å². The maximum Gasteiger partial charge on any atom is 0.350 e. The van der Waals surface area contributed by atoms with E-state index in [1.54, 1.807) is 0 Å². The van der Waals surface area contributed by atoms with Crippen molar-refractivity contribution in [2.75, 3.05) is 19.0 Å². The van der Waals surface area contributed by atoms with Crippen molar-refractivity contribution >= 4 is 26.2 Å². The molecule has 33 heavy (non-hydrogen) atoms. The Balaban J connectivity index is 4.61. The monoisotopic (exact) mass is 506 g/mol. The van der Waals surface area contributed by atoms with Crippen molar-refractivity contribution in [2.24, 2.45) is 0 Å². The van der Waals surface area contributed by atoms with Gasteiger partial charge in [-0.3, -0.25) is 4.57 Å². The second-order valence-electron chi connectivity index (χ2n) is 9.13. The number of carboxylic acid groups (broad SMARTS) is 1. The highest BCUT2D eigenvalue weighted by atomic mass is 32.2. The van der Waals surface area contributed by atoms with E-state index >= 15 is 0 Å². The van der Waals surface area contributed by atoms with Gasteiger partial charge >= 0.3 is 5.97 Å². The van der Waals surface area contributed by atoms with Gasteiger partial charge in [0.15, 0.2) is 0 Å². The summed E-state index contributed by atoms with van der Waals surface area (Å²) in [5.74, 6) is -0.124. The van der Waals surface area contributed by atoms with Gasteiger partial charge in [-0.1, -0.05) is 97.8 Å². The summed E-state index contributed by atoms with van der Waals surface area (Å²) in [6.07, 6.45) is 18.3. The van der Waals surface area contributed by atoms with Gasteiger partial charge in [-0.2, -0.15) is 11.8 Å². The summed E-state index contributed by atoms with van der Waals surface area (Å²) >= 11 is 1.96. The highest BCUT2D eigenvalue weighted by Crippen LogP contribution is 2.30. The minimum atomic E-state index is -1.81. The second kappa shape index (κ2) is 22.3. The van der Waals surface area contributed by atoms with Crippen molar-refractivity contribution in [1.29, 1.82) is 0 Å². The van der Waals surface area contributed by atoms with Crippen molar-refractivity contribution in [3.05, 3.63) is 0 Å². The Kier molecular flexibility index (Phi) is 22.2. The summed E-state index contributed by atoms with van der Waals surface area (Å²) in [6, 6.07) is 0. The van der Waals surface area contributed by atoms with Crippen LogP contribution in [0.2, 0.25) is 0 Å². The molecule has 0 rings (SSSR count). The van der Waals surface area contributed by atoms with Crippen LogP contribution in [0.5, 0.6) is 0 Å². The average molecular weight is 507 g/mol. The van der Waals surface area contributed by atoms with E-state index in [1.165, 1.54) is 83.5 Å². The SMILES string of the molecule is CCCCCCCCCCSC(CCCCCCC)C(C)OCC(OCCC)(P=O)C(=O)O. The lowest BCUT2D eigenvalue weighted by Gasteiger charge is -2.28. The van der Waals surface area contributed by atoms with Crippen LogP contribution >= 0.6 is 20.2 Å². The highest BCUT2D eigenvalue weighted by Gasteiger charge is 2.42. The Labute approximate surface area is 209 Å². The van der Waals surface area contributed by atoms with E-state index in [-0.39, 0.29) is 19.3 Å². The fourth-order valence-electron chi connectivity index (χ4n) is 3.75. The summed E-state index contributed by atoms with van der Waals surface area (Å²) in [4.78, 5) is 11.8. The van der Waals surface area contributed by atoms with Crippen LogP contribution in [0.15, 0.2) is 0 Å². The number of ether oxygens (including phenoxy) is 2. The summed E-state index contributed by atoms with van der Waals surface area (Å²) < 4.78 is 23.1. The zero-order valence-corrected chi connectivity index (χ0v) is 23.5. The van der Waals surface area contributed by atoms with Crippen LogP contribution in [0.25, 0.3) is 0 Å². The normalized spacial score (nSPS) is 15.4. The third kappa shape index (κ3) is 16.2. The first-order valence-electron chi connectivity index (χ1n) is 13.4. The lowest BCUT2D eigenvalue weighted by atomic mass is 10.1. The molecule has 0 aliphatic rings. The van der Waals surface area contributed by atoms with E-state index in [2.05, 4.69) is 13.8 Å². The predicted octanol–water partition coefficient (Wildman–Crippen LogP) is 8.49. The molecule has 0 amide bonds. The predicted molar refractivity (Wildman–Crippen MR) is 142 cm³/mol. The first-order chi connectivity index (χ1) is 16.0. The van der Waals surface area contributed by atoms with E-state index in [0.717, 1.165) is 12.2 Å². The zero-order chi connectivity index (χ0) is 24.8. The third-order valence-electron chi connectivity index (χ3n) is 6.01. The number of carbonyl (C=O) groups is 1. The molecule has 0 aliphatic carbocycles. The van der Waals surface area contributed by atoms with Gasteiger partial charge in [0.25, 0.3) is 5.34 Å². The molecular formula is C26H51O5PS. The first kappa shape index (κ1) is 32.8. The molecule has 0 radical (unpaired) electrons. The molecular weight excluding hydrogens is 455 g/mol. The van der Waals surface area contributed by atoms with E-state index in [1.807, 2.05) is 25.6 Å². The van der Waals surface area contributed by atoms with Crippen molar-refractivity contribution in [1.82, 2.24) is 0 Å². The van der Waals surface area contributed by atoms with Gasteiger partial charge in [-0.25, -0.2) is 4.79 Å². The second-order valence-corrected chi connectivity index (χ2v) is 11.4. The van der Waals surface area contributed by atoms with Gasteiger partial charge in [0.05, 0.1) is 12.7 Å². The molecule has 0 aromatic rings. The molecule has 0 fully saturated rings. The number of carboxylic acids is 1. The van der Waals surface area contributed by atoms with Crippen LogP contribution in [-0.2, 0) is 18.8 Å². The first-order valence-corrected chi connectivity index (χ1v) is 15.3. The van der Waals surface area contributed by atoms with Crippen LogP contribution < -0.4 is 0 Å². The molecule has 0 aromatic carbocycles. The summed E-state index contributed by atoms with van der Waals surface area (Å²) in [7, 11) is -0.562. The fourth-order valence-corrected chi connectivity index (χ4v) is 5.46. The number of hydrogen-bond acceptors (Lipinski definition) is 5. The molecule has 1 N–H and O–H groups in total. The quantitative estimate of drug-likeness (QED) is 0.0988. The van der Waals surface area contributed by atoms with E-state index < -0.39 is 19.8 Å². The van der Waals surface area contributed by atoms with Gasteiger partial charge in [-0.05, 0) is 31.9 Å². The Morgan fingerprint density at radius 2 is 1.42 bits per heavy atom. The largest absolute Gasteiger partial charge is 0.478 e. The van der Waals surface area contributed by atoms with Crippen molar-refractivity contribution in [2.45, 2.75) is 141 Å². The molecule has 7 heteroatoms. The van der Waals surface area contributed by atoms with E-state index in [0.29, 0.717) is 11.7 Å². The maximum atomic E-state index is 11.8. The molecule has 3 atom stereocenters. The van der Waals surface area contributed by atoms with Crippen molar-refractivity contribution in [3.63, 3.8) is 0 Å². The lowest BCUT2D eigenvalue weighted by Crippen LogP contribution is -2.43. The Morgan fingerprint density at radius 1 is 0.879 bits per heavy atom. The van der Waals surface area contributed by atoms with Crippen molar-refractivity contribution < 1.29 is 23.9 Å². The fraction of sp³-hybridized carbons (Fsp3) is 0.962. The minimum absolute atomic E-state index is 0.110. The molecule has 0 saturated carbocycles. The summed E-state index contributed by atoms with van der Waals surface area (Å²) in [5, 5.41) is 8.11. The van der Waals surface area contributed by atoms with Crippen LogP contribution in [0, 0.1) is 0 Å². The maximum absolute atomic E-state index is 11.8. The van der Waals surface area contributed by atoms with Crippen LogP contribution in [0.4, 0.5) is 0 Å². The summed E-state index contributed by atoms with van der Waals surface area (Å²) in [6.45, 7) is 8.44. The van der Waals surface area contributed by atoms with Gasteiger partial charge in [0.2, 0.25) is 8.46 Å². The molecule has 0 aliphatic heterocycles. The Morgan fingerprint density at radius 3 is 1.94 bits per heavy atom. The molecule has 0 saturated heterocycles. The molecule has 196 valence electrons. The molecule has 0 bridgehead atoms. The Hall–Kier alpha value is -0.160. The number of thioether (sulfide) groups is 1.